The van der Waals surface area contributed by atoms with Gasteiger partial charge in [-0.1, -0.05) is 168 Å². The predicted octanol–water partition coefficient (Wildman–Crippen LogP) is 9.38. The Hall–Kier alpha value is -1.46. The second-order valence-electron chi connectivity index (χ2n) is 14.5. The first kappa shape index (κ1) is 51.5. The molecule has 11 heteroatoms. The number of carbonyl (C=O) groups excluding carboxylic acids is 4. The molecule has 2 aliphatic rings. The molecule has 0 aromatic heterocycles. The standard InChI is InChI=1S/2C21H36O5.Ca.2H/c2*1-2-3-4-5-6-7-8-9-10-11-12-13-14-15-17(23)19-20(24)18(16-22)26-21(19)25;;;/h2*18,22,24H,2-16H2,1H3;;;/q;;+2;2*-1/t2*18-;;;/m11.../s1. The van der Waals surface area contributed by atoms with E-state index in [9.17, 15) is 29.4 Å². The third-order valence-corrected chi connectivity index (χ3v) is 9.93. The quantitative estimate of drug-likeness (QED) is 0.0224. The van der Waals surface area contributed by atoms with Crippen LogP contribution < -0.4 is 0 Å². The van der Waals surface area contributed by atoms with Crippen LogP contribution in [0.25, 0.3) is 0 Å². The van der Waals surface area contributed by atoms with Crippen LogP contribution in [0.1, 0.15) is 196 Å². The van der Waals surface area contributed by atoms with Crippen molar-refractivity contribution in [3.63, 3.8) is 0 Å². The molecule has 304 valence electrons. The number of cyclic esters (lactones) is 2. The minimum atomic E-state index is -1.08. The van der Waals surface area contributed by atoms with Crippen LogP contribution in [0.5, 0.6) is 0 Å². The van der Waals surface area contributed by atoms with Crippen LogP contribution >= 0.6 is 0 Å². The van der Waals surface area contributed by atoms with E-state index >= 15 is 0 Å². The van der Waals surface area contributed by atoms with Gasteiger partial charge in [0, 0.05) is 12.8 Å². The van der Waals surface area contributed by atoms with Crippen LogP contribution in [0.15, 0.2) is 22.7 Å². The van der Waals surface area contributed by atoms with Crippen molar-refractivity contribution in [2.45, 2.75) is 206 Å². The van der Waals surface area contributed by atoms with Gasteiger partial charge in [-0.15, -0.1) is 0 Å². The Labute approximate surface area is 352 Å². The Morgan fingerprint density at radius 3 is 0.906 bits per heavy atom. The van der Waals surface area contributed by atoms with Gasteiger partial charge in [0.15, 0.2) is 35.3 Å². The molecule has 4 N–H and O–H groups in total. The van der Waals surface area contributed by atoms with Crippen molar-refractivity contribution < 1.29 is 51.9 Å². The molecule has 0 saturated heterocycles. The van der Waals surface area contributed by atoms with E-state index in [2.05, 4.69) is 13.8 Å². The van der Waals surface area contributed by atoms with Crippen molar-refractivity contribution in [1.82, 2.24) is 0 Å². The monoisotopic (exact) mass is 778 g/mol. The van der Waals surface area contributed by atoms with E-state index in [1.807, 2.05) is 0 Å². The molecule has 2 rings (SSSR count). The molecule has 10 nitrogen and oxygen atoms in total. The summed E-state index contributed by atoms with van der Waals surface area (Å²) in [7, 11) is 0. The summed E-state index contributed by atoms with van der Waals surface area (Å²) in [6.07, 6.45) is 30.2. The molecule has 0 spiro atoms. The molecule has 0 saturated carbocycles. The van der Waals surface area contributed by atoms with Gasteiger partial charge in [-0.05, 0) is 12.8 Å². The number of hydrogen-bond donors (Lipinski definition) is 4. The van der Waals surface area contributed by atoms with Crippen LogP contribution in [0.3, 0.4) is 0 Å². The summed E-state index contributed by atoms with van der Waals surface area (Å²) in [6.45, 7) is 3.47. The Morgan fingerprint density at radius 1 is 0.472 bits per heavy atom. The molecule has 0 radical (unpaired) electrons. The molecular formula is C42H74CaO10. The normalized spacial score (nSPS) is 16.7. The molecule has 0 fully saturated rings. The second kappa shape index (κ2) is 33.8. The molecule has 2 atom stereocenters. The second-order valence-corrected chi connectivity index (χ2v) is 14.5. The Bertz CT molecular complexity index is 1010. The number of Topliss-reactive ketones (excluding diaryl/α,β-unsaturated/α-hetero) is 2. The van der Waals surface area contributed by atoms with Gasteiger partial charge in [0.05, 0.1) is 13.2 Å². The fourth-order valence-corrected chi connectivity index (χ4v) is 6.64. The first-order valence-electron chi connectivity index (χ1n) is 20.8. The molecule has 0 unspecified atom stereocenters. The average molecular weight is 779 g/mol. The summed E-state index contributed by atoms with van der Waals surface area (Å²) in [5, 5.41) is 37.4. The number of carbonyl (C=O) groups is 4. The van der Waals surface area contributed by atoms with Crippen molar-refractivity contribution >= 4 is 61.2 Å². The molecule has 2 heterocycles. The maximum absolute atomic E-state index is 12.0. The van der Waals surface area contributed by atoms with E-state index in [4.69, 9.17) is 19.7 Å². The summed E-state index contributed by atoms with van der Waals surface area (Å²) in [6, 6.07) is 0. The fourth-order valence-electron chi connectivity index (χ4n) is 6.64. The van der Waals surface area contributed by atoms with E-state index in [1.54, 1.807) is 0 Å². The van der Waals surface area contributed by atoms with Crippen molar-refractivity contribution in [1.29, 1.82) is 0 Å². The van der Waals surface area contributed by atoms with Gasteiger partial charge in [-0.25, -0.2) is 9.59 Å². The maximum Gasteiger partial charge on any atom is 2.00 e. The van der Waals surface area contributed by atoms with Crippen LogP contribution in [0, 0.1) is 0 Å². The summed E-state index contributed by atoms with van der Waals surface area (Å²) in [5.41, 5.74) is -0.550. The van der Waals surface area contributed by atoms with Crippen LogP contribution in [-0.2, 0) is 28.7 Å². The van der Waals surface area contributed by atoms with Gasteiger partial charge in [0.25, 0.3) is 0 Å². The molecule has 0 bridgehead atoms. The summed E-state index contributed by atoms with van der Waals surface area (Å²) in [5.74, 6) is -3.24. The summed E-state index contributed by atoms with van der Waals surface area (Å²) in [4.78, 5) is 47.2. The number of hydrogen-bond acceptors (Lipinski definition) is 10. The van der Waals surface area contributed by atoms with Crippen molar-refractivity contribution in [2.24, 2.45) is 0 Å². The van der Waals surface area contributed by atoms with Crippen molar-refractivity contribution in [2.75, 3.05) is 13.2 Å². The van der Waals surface area contributed by atoms with Crippen molar-refractivity contribution in [3.8, 4) is 0 Å². The predicted molar refractivity (Wildman–Crippen MR) is 212 cm³/mol. The average Bonchev–Trinajstić information content (AvgIpc) is 3.60. The number of aliphatic hydroxyl groups is 4. The largest absolute Gasteiger partial charge is 2.00 e. The number of ether oxygens (including phenoxy) is 2. The minimum Gasteiger partial charge on any atom is -1.00 e. The van der Waals surface area contributed by atoms with E-state index in [-0.39, 0.29) is 76.1 Å². The van der Waals surface area contributed by atoms with Gasteiger partial charge < -0.3 is 32.8 Å². The van der Waals surface area contributed by atoms with E-state index in [1.165, 1.54) is 128 Å². The third-order valence-electron chi connectivity index (χ3n) is 9.93. The van der Waals surface area contributed by atoms with Crippen LogP contribution in [0.2, 0.25) is 0 Å². The Morgan fingerprint density at radius 2 is 0.698 bits per heavy atom. The molecule has 53 heavy (non-hydrogen) atoms. The number of esters is 2. The zero-order valence-corrected chi connectivity index (χ0v) is 35.5. The zero-order chi connectivity index (χ0) is 38.4. The fraction of sp³-hybridized carbons (Fsp3) is 0.810. The first-order valence-corrected chi connectivity index (χ1v) is 20.8. The molecule has 0 aromatic rings. The number of rotatable bonds is 32. The molecule has 2 aliphatic heterocycles. The molecule has 0 aliphatic carbocycles. The maximum atomic E-state index is 12.0. The summed E-state index contributed by atoms with van der Waals surface area (Å²) < 4.78 is 9.48. The number of unbranched alkanes of at least 4 members (excludes halogenated alkanes) is 24. The first-order chi connectivity index (χ1) is 25.2. The van der Waals surface area contributed by atoms with Gasteiger partial charge in [0.2, 0.25) is 0 Å². The zero-order valence-electron chi connectivity index (χ0n) is 35.3. The van der Waals surface area contributed by atoms with E-state index in [0.717, 1.165) is 25.7 Å². The van der Waals surface area contributed by atoms with E-state index < -0.39 is 48.9 Å². The van der Waals surface area contributed by atoms with Gasteiger partial charge in [-0.3, -0.25) is 9.59 Å². The number of ketones is 2. The Balaban J connectivity index is -0.000000932. The number of aliphatic hydroxyl groups excluding tert-OH is 4. The topological polar surface area (TPSA) is 168 Å². The van der Waals surface area contributed by atoms with Crippen LogP contribution in [-0.4, -0.2) is 107 Å². The third kappa shape index (κ3) is 22.6. The van der Waals surface area contributed by atoms with Gasteiger partial charge >= 0.3 is 49.7 Å². The molecule has 0 amide bonds. The molecular weight excluding hydrogens is 705 g/mol. The van der Waals surface area contributed by atoms with Gasteiger partial charge in [0.1, 0.15) is 11.1 Å². The Kier molecular flexibility index (Phi) is 32.9. The smallest absolute Gasteiger partial charge is 1.00 e. The summed E-state index contributed by atoms with van der Waals surface area (Å²) >= 11 is 0. The minimum absolute atomic E-state index is 0. The van der Waals surface area contributed by atoms with Gasteiger partial charge in [-0.2, -0.15) is 0 Å². The van der Waals surface area contributed by atoms with Crippen LogP contribution in [0.4, 0.5) is 0 Å². The molecule has 0 aromatic carbocycles. The van der Waals surface area contributed by atoms with E-state index in [0.29, 0.717) is 12.8 Å². The SMILES string of the molecule is CCCCCCCCCCCCCCCC(=O)C1=C(O)[C@@H](CO)OC1=O.CCCCCCCCCCCCCCCC(=O)C1=C(O)[C@@H](CO)OC1=O.[Ca+2].[H-].[H-]. The van der Waals surface area contributed by atoms with Crippen molar-refractivity contribution in [3.05, 3.63) is 22.7 Å².